The molecule has 6 nitrogen and oxygen atoms in total. The van der Waals surface area contributed by atoms with Crippen molar-refractivity contribution in [3.8, 4) is 5.75 Å². The van der Waals surface area contributed by atoms with Crippen LogP contribution in [0.25, 0.3) is 0 Å². The molecular formula is C23H23ClN2O4S. The normalized spacial score (nSPS) is 12.1. The Hall–Kier alpha value is -3.03. The minimum absolute atomic E-state index is 0.0475. The van der Waals surface area contributed by atoms with Gasteiger partial charge in [-0.15, -0.1) is 0 Å². The van der Waals surface area contributed by atoms with E-state index >= 15 is 0 Å². The molecular weight excluding hydrogens is 436 g/mol. The molecule has 0 aliphatic heterocycles. The van der Waals surface area contributed by atoms with Crippen molar-refractivity contribution in [3.05, 3.63) is 89.4 Å². The van der Waals surface area contributed by atoms with Gasteiger partial charge in [-0.05, 0) is 49.4 Å². The Morgan fingerprint density at radius 2 is 1.61 bits per heavy atom. The second-order valence-electron chi connectivity index (χ2n) is 6.83. The summed E-state index contributed by atoms with van der Waals surface area (Å²) in [6.07, 6.45) is 0. The van der Waals surface area contributed by atoms with E-state index in [1.54, 1.807) is 43.5 Å². The van der Waals surface area contributed by atoms with E-state index in [0.717, 1.165) is 9.87 Å². The molecule has 8 heteroatoms. The van der Waals surface area contributed by atoms with E-state index in [1.807, 2.05) is 25.1 Å². The van der Waals surface area contributed by atoms with Crippen LogP contribution in [0.2, 0.25) is 5.02 Å². The molecule has 1 N–H and O–H groups in total. The molecule has 3 aromatic carbocycles. The first kappa shape index (κ1) is 22.7. The number of anilines is 1. The van der Waals surface area contributed by atoms with Gasteiger partial charge < -0.3 is 10.1 Å². The predicted octanol–water partition coefficient (Wildman–Crippen LogP) is 4.42. The first-order chi connectivity index (χ1) is 14.8. The molecule has 0 bridgehead atoms. The van der Waals surface area contributed by atoms with Gasteiger partial charge in [0, 0.05) is 10.6 Å². The highest BCUT2D eigenvalue weighted by atomic mass is 35.5. The number of nitrogens with zero attached hydrogens (tertiary/aromatic N) is 1. The Labute approximate surface area is 187 Å². The van der Waals surface area contributed by atoms with Gasteiger partial charge in [-0.3, -0.25) is 9.10 Å². The quantitative estimate of drug-likeness (QED) is 0.542. The number of benzene rings is 3. The Bertz CT molecular complexity index is 1140. The summed E-state index contributed by atoms with van der Waals surface area (Å²) >= 11 is 5.90. The van der Waals surface area contributed by atoms with E-state index in [0.29, 0.717) is 16.5 Å². The van der Waals surface area contributed by atoms with Crippen LogP contribution in [-0.4, -0.2) is 28.0 Å². The van der Waals surface area contributed by atoms with Crippen molar-refractivity contribution in [1.82, 2.24) is 5.32 Å². The lowest BCUT2D eigenvalue weighted by Gasteiger charge is -2.25. The number of carbonyl (C=O) groups excluding carboxylic acids is 1. The number of amides is 1. The number of rotatable bonds is 8. The van der Waals surface area contributed by atoms with Gasteiger partial charge in [0.05, 0.1) is 23.7 Å². The van der Waals surface area contributed by atoms with Crippen molar-refractivity contribution < 1.29 is 17.9 Å². The van der Waals surface area contributed by atoms with Crippen molar-refractivity contribution in [2.45, 2.75) is 17.9 Å². The Balaban J connectivity index is 1.87. The lowest BCUT2D eigenvalue weighted by atomic mass is 10.1. The summed E-state index contributed by atoms with van der Waals surface area (Å²) in [4.78, 5) is 12.9. The van der Waals surface area contributed by atoms with E-state index in [1.165, 1.54) is 24.3 Å². The molecule has 31 heavy (non-hydrogen) atoms. The summed E-state index contributed by atoms with van der Waals surface area (Å²) < 4.78 is 33.1. The van der Waals surface area contributed by atoms with Gasteiger partial charge in [-0.2, -0.15) is 0 Å². The molecule has 0 heterocycles. The average Bonchev–Trinajstić information content (AvgIpc) is 2.78. The molecule has 1 unspecified atom stereocenters. The van der Waals surface area contributed by atoms with Crippen molar-refractivity contribution in [3.63, 3.8) is 0 Å². The van der Waals surface area contributed by atoms with Crippen molar-refractivity contribution >= 4 is 33.2 Å². The van der Waals surface area contributed by atoms with Gasteiger partial charge in [0.1, 0.15) is 12.3 Å². The number of carbonyl (C=O) groups is 1. The van der Waals surface area contributed by atoms with Crippen molar-refractivity contribution in [2.24, 2.45) is 0 Å². The third-order valence-corrected chi connectivity index (χ3v) is 6.76. The van der Waals surface area contributed by atoms with Gasteiger partial charge in [0.25, 0.3) is 10.0 Å². The maximum atomic E-state index is 13.3. The Kier molecular flexibility index (Phi) is 7.20. The summed E-state index contributed by atoms with van der Waals surface area (Å²) in [5, 5.41) is 3.28. The fourth-order valence-electron chi connectivity index (χ4n) is 3.16. The SMILES string of the molecule is COc1ccccc1C(C)NC(=O)CN(c1ccccc1)S(=O)(=O)c1ccc(Cl)cc1. The first-order valence-corrected chi connectivity index (χ1v) is 11.4. The van der Waals surface area contributed by atoms with E-state index < -0.39 is 15.9 Å². The van der Waals surface area contributed by atoms with Crippen LogP contribution in [0.4, 0.5) is 5.69 Å². The molecule has 0 saturated heterocycles. The molecule has 0 aliphatic rings. The summed E-state index contributed by atoms with van der Waals surface area (Å²) in [7, 11) is -2.43. The van der Waals surface area contributed by atoms with Crippen molar-refractivity contribution in [2.75, 3.05) is 18.0 Å². The number of methoxy groups -OCH3 is 1. The zero-order chi connectivity index (χ0) is 22.4. The third kappa shape index (κ3) is 5.37. The number of nitrogens with one attached hydrogen (secondary N) is 1. The molecule has 0 radical (unpaired) electrons. The van der Waals surface area contributed by atoms with Crippen LogP contribution in [0.15, 0.2) is 83.8 Å². The summed E-state index contributed by atoms with van der Waals surface area (Å²) in [6, 6.07) is 21.3. The fourth-order valence-corrected chi connectivity index (χ4v) is 4.71. The van der Waals surface area contributed by atoms with Crippen molar-refractivity contribution in [1.29, 1.82) is 0 Å². The maximum absolute atomic E-state index is 13.3. The molecule has 0 aromatic heterocycles. The number of para-hydroxylation sites is 2. The zero-order valence-corrected chi connectivity index (χ0v) is 18.7. The number of sulfonamides is 1. The van der Waals surface area contributed by atoms with Crippen LogP contribution >= 0.6 is 11.6 Å². The standard InChI is InChI=1S/C23H23ClN2O4S/c1-17(21-10-6-7-11-22(21)30-2)25-23(27)16-26(19-8-4-3-5-9-19)31(28,29)20-14-12-18(24)13-15-20/h3-15,17H,16H2,1-2H3,(H,25,27). The van der Waals surface area contributed by atoms with E-state index in [9.17, 15) is 13.2 Å². The van der Waals surface area contributed by atoms with Gasteiger partial charge in [0.2, 0.25) is 5.91 Å². The van der Waals surface area contributed by atoms with Crippen LogP contribution in [-0.2, 0) is 14.8 Å². The highest BCUT2D eigenvalue weighted by molar-refractivity contribution is 7.92. The van der Waals surface area contributed by atoms with Crippen LogP contribution in [0.5, 0.6) is 5.75 Å². The minimum Gasteiger partial charge on any atom is -0.496 e. The first-order valence-electron chi connectivity index (χ1n) is 9.58. The number of halogens is 1. The zero-order valence-electron chi connectivity index (χ0n) is 17.2. The number of hydrogen-bond donors (Lipinski definition) is 1. The highest BCUT2D eigenvalue weighted by Crippen LogP contribution is 2.26. The number of ether oxygens (including phenoxy) is 1. The van der Waals surface area contributed by atoms with Gasteiger partial charge in [0.15, 0.2) is 0 Å². The Morgan fingerprint density at radius 1 is 1.00 bits per heavy atom. The van der Waals surface area contributed by atoms with E-state index in [4.69, 9.17) is 16.3 Å². The summed E-state index contributed by atoms with van der Waals surface area (Å²) in [5.41, 5.74) is 1.18. The average molecular weight is 459 g/mol. The topological polar surface area (TPSA) is 75.7 Å². The smallest absolute Gasteiger partial charge is 0.264 e. The predicted molar refractivity (Wildman–Crippen MR) is 122 cm³/mol. The fraction of sp³-hybridized carbons (Fsp3) is 0.174. The molecule has 3 aromatic rings. The lowest BCUT2D eigenvalue weighted by Crippen LogP contribution is -2.41. The van der Waals surface area contributed by atoms with Crippen LogP contribution < -0.4 is 14.4 Å². The second-order valence-corrected chi connectivity index (χ2v) is 9.13. The van der Waals surface area contributed by atoms with Gasteiger partial charge in [-0.1, -0.05) is 48.0 Å². The molecule has 0 fully saturated rings. The molecule has 1 atom stereocenters. The Morgan fingerprint density at radius 3 is 2.26 bits per heavy atom. The lowest BCUT2D eigenvalue weighted by molar-refractivity contribution is -0.120. The summed E-state index contributed by atoms with van der Waals surface area (Å²) in [5.74, 6) is 0.198. The van der Waals surface area contributed by atoms with Gasteiger partial charge in [-0.25, -0.2) is 8.42 Å². The molecule has 0 aliphatic carbocycles. The third-order valence-electron chi connectivity index (χ3n) is 4.72. The minimum atomic E-state index is -3.99. The van der Waals surface area contributed by atoms with E-state index in [2.05, 4.69) is 5.32 Å². The van der Waals surface area contributed by atoms with Crippen LogP contribution in [0.3, 0.4) is 0 Å². The molecule has 0 spiro atoms. The van der Waals surface area contributed by atoms with E-state index in [-0.39, 0.29) is 17.5 Å². The monoisotopic (exact) mass is 458 g/mol. The maximum Gasteiger partial charge on any atom is 0.264 e. The second kappa shape index (κ2) is 9.85. The van der Waals surface area contributed by atoms with Gasteiger partial charge >= 0.3 is 0 Å². The summed E-state index contributed by atoms with van der Waals surface area (Å²) in [6.45, 7) is 1.44. The molecule has 3 rings (SSSR count). The molecule has 1 amide bonds. The van der Waals surface area contributed by atoms with Crippen LogP contribution in [0.1, 0.15) is 18.5 Å². The number of hydrogen-bond acceptors (Lipinski definition) is 4. The molecule has 0 saturated carbocycles. The largest absolute Gasteiger partial charge is 0.496 e. The molecule has 162 valence electrons. The van der Waals surface area contributed by atoms with Crippen LogP contribution in [0, 0.1) is 0 Å². The highest BCUT2D eigenvalue weighted by Gasteiger charge is 2.27.